The average Bonchev–Trinajstić information content (AvgIpc) is 3.21. The molecule has 19 heavy (non-hydrogen) atoms. The molecule has 3 rings (SSSR count). The molecule has 0 unspecified atom stereocenters. The Morgan fingerprint density at radius 3 is 2.84 bits per heavy atom. The van der Waals surface area contributed by atoms with Gasteiger partial charge in [0, 0.05) is 18.1 Å². The molecule has 1 aliphatic carbocycles. The second kappa shape index (κ2) is 4.58. The van der Waals surface area contributed by atoms with Gasteiger partial charge < -0.3 is 0 Å². The molecule has 1 heterocycles. The van der Waals surface area contributed by atoms with Crippen molar-refractivity contribution in [3.63, 3.8) is 0 Å². The third kappa shape index (κ3) is 2.48. The predicted molar refractivity (Wildman–Crippen MR) is 74.4 cm³/mol. The van der Waals surface area contributed by atoms with Gasteiger partial charge in [-0.25, -0.2) is 13.1 Å². The van der Waals surface area contributed by atoms with Crippen molar-refractivity contribution in [2.24, 2.45) is 5.92 Å². The minimum Gasteiger partial charge on any atom is -0.255 e. The molecule has 0 aliphatic heterocycles. The number of aromatic nitrogens is 1. The highest BCUT2D eigenvalue weighted by Gasteiger charge is 2.25. The normalized spacial score (nSPS) is 15.8. The van der Waals surface area contributed by atoms with Crippen molar-refractivity contribution in [1.82, 2.24) is 9.71 Å². The van der Waals surface area contributed by atoms with Gasteiger partial charge in [-0.15, -0.1) is 0 Å². The van der Waals surface area contributed by atoms with Crippen LogP contribution in [0.2, 0.25) is 0 Å². The SMILES string of the molecule is Cc1ccc(S(=O)(=O)NCC2CC2)c2ncccc12. The predicted octanol–water partition coefficient (Wildman–Crippen LogP) is 2.23. The van der Waals surface area contributed by atoms with Crippen LogP contribution in [0.1, 0.15) is 18.4 Å². The van der Waals surface area contributed by atoms with E-state index in [1.54, 1.807) is 12.3 Å². The van der Waals surface area contributed by atoms with Crippen LogP contribution in [0.4, 0.5) is 0 Å². The van der Waals surface area contributed by atoms with Crippen LogP contribution < -0.4 is 4.72 Å². The van der Waals surface area contributed by atoms with Crippen molar-refractivity contribution in [2.45, 2.75) is 24.7 Å². The van der Waals surface area contributed by atoms with Crippen molar-refractivity contribution in [3.05, 3.63) is 36.0 Å². The lowest BCUT2D eigenvalue weighted by molar-refractivity contribution is 0.578. The van der Waals surface area contributed by atoms with Crippen LogP contribution in [0.5, 0.6) is 0 Å². The van der Waals surface area contributed by atoms with Gasteiger partial charge in [-0.1, -0.05) is 12.1 Å². The number of nitrogens with zero attached hydrogens (tertiary/aromatic N) is 1. The molecule has 100 valence electrons. The monoisotopic (exact) mass is 276 g/mol. The summed E-state index contributed by atoms with van der Waals surface area (Å²) in [4.78, 5) is 4.50. The molecule has 1 N–H and O–H groups in total. The molecule has 1 aromatic heterocycles. The molecule has 1 fully saturated rings. The Labute approximate surface area is 112 Å². The van der Waals surface area contributed by atoms with Gasteiger partial charge in [0.2, 0.25) is 10.0 Å². The first kappa shape index (κ1) is 12.6. The standard InChI is InChI=1S/C14H16N2O2S/c1-10-4-7-13(14-12(10)3-2-8-15-14)19(17,18)16-9-11-5-6-11/h2-4,7-8,11,16H,5-6,9H2,1H3. The average molecular weight is 276 g/mol. The molecule has 0 spiro atoms. The summed E-state index contributed by atoms with van der Waals surface area (Å²) in [5, 5.41) is 0.886. The zero-order valence-electron chi connectivity index (χ0n) is 10.8. The molecule has 4 nitrogen and oxygen atoms in total. The Morgan fingerprint density at radius 1 is 1.32 bits per heavy atom. The third-order valence-electron chi connectivity index (χ3n) is 3.50. The van der Waals surface area contributed by atoms with E-state index >= 15 is 0 Å². The Bertz CT molecular complexity index is 721. The second-order valence-corrected chi connectivity index (χ2v) is 6.81. The smallest absolute Gasteiger partial charge is 0.242 e. The highest BCUT2D eigenvalue weighted by Crippen LogP contribution is 2.29. The fourth-order valence-electron chi connectivity index (χ4n) is 2.13. The van der Waals surface area contributed by atoms with Gasteiger partial charge in [0.05, 0.1) is 5.52 Å². The van der Waals surface area contributed by atoms with E-state index in [9.17, 15) is 8.42 Å². The van der Waals surface area contributed by atoms with E-state index in [0.29, 0.717) is 18.0 Å². The fourth-order valence-corrected chi connectivity index (χ4v) is 3.41. The molecule has 1 saturated carbocycles. The van der Waals surface area contributed by atoms with E-state index in [1.165, 1.54) is 0 Å². The van der Waals surface area contributed by atoms with Crippen LogP contribution in [0.15, 0.2) is 35.4 Å². The van der Waals surface area contributed by atoms with Crippen LogP contribution in [0, 0.1) is 12.8 Å². The van der Waals surface area contributed by atoms with Gasteiger partial charge in [0.25, 0.3) is 0 Å². The topological polar surface area (TPSA) is 59.1 Å². The zero-order chi connectivity index (χ0) is 13.5. The highest BCUT2D eigenvalue weighted by molar-refractivity contribution is 7.89. The molecule has 2 aromatic rings. The van der Waals surface area contributed by atoms with E-state index in [2.05, 4.69) is 9.71 Å². The number of rotatable bonds is 4. The van der Waals surface area contributed by atoms with Crippen LogP contribution >= 0.6 is 0 Å². The van der Waals surface area contributed by atoms with Crippen molar-refractivity contribution in [2.75, 3.05) is 6.54 Å². The number of nitrogens with one attached hydrogen (secondary N) is 1. The van der Waals surface area contributed by atoms with Gasteiger partial charge in [0.1, 0.15) is 4.90 Å². The minimum atomic E-state index is -3.47. The van der Waals surface area contributed by atoms with Crippen molar-refractivity contribution in [1.29, 1.82) is 0 Å². The number of benzene rings is 1. The van der Waals surface area contributed by atoms with E-state index < -0.39 is 10.0 Å². The summed E-state index contributed by atoms with van der Waals surface area (Å²) < 4.78 is 27.4. The summed E-state index contributed by atoms with van der Waals surface area (Å²) in [6.45, 7) is 2.49. The quantitative estimate of drug-likeness (QED) is 0.931. The maximum atomic E-state index is 12.3. The number of hydrogen-bond donors (Lipinski definition) is 1. The number of sulfonamides is 1. The molecule has 0 atom stereocenters. The molecule has 0 saturated heterocycles. The Balaban J connectivity index is 2.06. The Kier molecular flexibility index (Phi) is 3.03. The molecular weight excluding hydrogens is 260 g/mol. The molecular formula is C14H16N2O2S. The van der Waals surface area contributed by atoms with Crippen LogP contribution in [-0.4, -0.2) is 19.9 Å². The first-order chi connectivity index (χ1) is 9.08. The molecule has 0 amide bonds. The summed E-state index contributed by atoms with van der Waals surface area (Å²) >= 11 is 0. The number of fused-ring (bicyclic) bond motifs is 1. The number of pyridine rings is 1. The molecule has 5 heteroatoms. The van der Waals surface area contributed by atoms with Gasteiger partial charge >= 0.3 is 0 Å². The Hall–Kier alpha value is -1.46. The van der Waals surface area contributed by atoms with E-state index in [-0.39, 0.29) is 4.90 Å². The van der Waals surface area contributed by atoms with E-state index in [0.717, 1.165) is 23.8 Å². The summed E-state index contributed by atoms with van der Waals surface area (Å²) in [6, 6.07) is 7.19. The van der Waals surface area contributed by atoms with Crippen molar-refractivity contribution in [3.8, 4) is 0 Å². The Morgan fingerprint density at radius 2 is 2.11 bits per heavy atom. The van der Waals surface area contributed by atoms with E-state index in [4.69, 9.17) is 0 Å². The molecule has 1 aliphatic rings. The maximum absolute atomic E-state index is 12.3. The first-order valence-corrected chi connectivity index (χ1v) is 7.90. The summed E-state index contributed by atoms with van der Waals surface area (Å²) in [5.41, 5.74) is 1.58. The summed E-state index contributed by atoms with van der Waals surface area (Å²) in [6.07, 6.45) is 3.87. The maximum Gasteiger partial charge on any atom is 0.242 e. The largest absolute Gasteiger partial charge is 0.255 e. The van der Waals surface area contributed by atoms with Crippen molar-refractivity contribution >= 4 is 20.9 Å². The van der Waals surface area contributed by atoms with E-state index in [1.807, 2.05) is 25.1 Å². The van der Waals surface area contributed by atoms with Gasteiger partial charge in [0.15, 0.2) is 0 Å². The van der Waals surface area contributed by atoms with Gasteiger partial charge in [-0.2, -0.15) is 0 Å². The molecule has 1 aromatic carbocycles. The summed E-state index contributed by atoms with van der Waals surface area (Å²) in [5.74, 6) is 0.513. The lowest BCUT2D eigenvalue weighted by Crippen LogP contribution is -2.26. The molecule has 0 bridgehead atoms. The lowest BCUT2D eigenvalue weighted by atomic mass is 10.1. The number of aryl methyl sites for hydroxylation is 1. The van der Waals surface area contributed by atoms with Crippen LogP contribution in [0.25, 0.3) is 10.9 Å². The zero-order valence-corrected chi connectivity index (χ0v) is 11.6. The fraction of sp³-hybridized carbons (Fsp3) is 0.357. The lowest BCUT2D eigenvalue weighted by Gasteiger charge is -2.10. The van der Waals surface area contributed by atoms with Crippen LogP contribution in [-0.2, 0) is 10.0 Å². The van der Waals surface area contributed by atoms with Gasteiger partial charge in [-0.05, 0) is 43.4 Å². The van der Waals surface area contributed by atoms with Crippen LogP contribution in [0.3, 0.4) is 0 Å². The highest BCUT2D eigenvalue weighted by atomic mass is 32.2. The number of hydrogen-bond acceptors (Lipinski definition) is 3. The summed E-state index contributed by atoms with van der Waals surface area (Å²) in [7, 11) is -3.47. The third-order valence-corrected chi connectivity index (χ3v) is 4.95. The van der Waals surface area contributed by atoms with Crippen molar-refractivity contribution < 1.29 is 8.42 Å². The second-order valence-electron chi connectivity index (χ2n) is 5.08. The molecule has 0 radical (unpaired) electrons. The first-order valence-electron chi connectivity index (χ1n) is 6.42. The van der Waals surface area contributed by atoms with Gasteiger partial charge in [-0.3, -0.25) is 4.98 Å². The minimum absolute atomic E-state index is 0.273.